The summed E-state index contributed by atoms with van der Waals surface area (Å²) in [6.07, 6.45) is 1.58. The Bertz CT molecular complexity index is 986. The van der Waals surface area contributed by atoms with E-state index in [9.17, 15) is 14.7 Å². The molecular weight excluding hydrogens is 336 g/mol. The monoisotopic (exact) mass is 354 g/mol. The summed E-state index contributed by atoms with van der Waals surface area (Å²) in [5.74, 6) is -0.994. The maximum Gasteiger partial charge on any atom is 0.352 e. The fourth-order valence-corrected chi connectivity index (χ4v) is 4.28. The Morgan fingerprint density at radius 1 is 1.32 bits per heavy atom. The molecule has 2 aromatic heterocycles. The summed E-state index contributed by atoms with van der Waals surface area (Å²) in [6.45, 7) is 2.13. The van der Waals surface area contributed by atoms with Crippen LogP contribution in [0.2, 0.25) is 0 Å². The van der Waals surface area contributed by atoms with Gasteiger partial charge in [0, 0.05) is 5.69 Å². The van der Waals surface area contributed by atoms with Crippen molar-refractivity contribution in [2.75, 3.05) is 5.32 Å². The van der Waals surface area contributed by atoms with Gasteiger partial charge in [0.05, 0.1) is 22.8 Å². The van der Waals surface area contributed by atoms with Crippen LogP contribution in [0.4, 0.5) is 5.69 Å². The van der Waals surface area contributed by atoms with Gasteiger partial charge in [-0.3, -0.25) is 4.79 Å². The Morgan fingerprint density at radius 3 is 2.96 bits per heavy atom. The van der Waals surface area contributed by atoms with Crippen LogP contribution >= 0.6 is 11.3 Å². The van der Waals surface area contributed by atoms with E-state index in [-0.39, 0.29) is 24.1 Å². The molecule has 128 valence electrons. The van der Waals surface area contributed by atoms with Crippen LogP contribution in [0.1, 0.15) is 28.0 Å². The molecule has 1 aliphatic rings. The zero-order valence-electron chi connectivity index (χ0n) is 13.8. The van der Waals surface area contributed by atoms with Gasteiger partial charge in [-0.05, 0) is 48.9 Å². The zero-order valence-corrected chi connectivity index (χ0v) is 14.6. The molecule has 0 radical (unpaired) electrons. The van der Waals surface area contributed by atoms with Crippen molar-refractivity contribution < 1.29 is 14.7 Å². The number of hydrogen-bond acceptors (Lipinski definition) is 4. The van der Waals surface area contributed by atoms with E-state index >= 15 is 0 Å². The molecule has 2 N–H and O–H groups in total. The van der Waals surface area contributed by atoms with Gasteiger partial charge in [0.1, 0.15) is 5.69 Å². The number of carbonyl (C=O) groups excluding carboxylic acids is 1. The highest BCUT2D eigenvalue weighted by Gasteiger charge is 2.26. The Hall–Kier alpha value is -2.60. The van der Waals surface area contributed by atoms with Crippen LogP contribution < -0.4 is 5.32 Å². The molecule has 0 saturated carbocycles. The molecule has 25 heavy (non-hydrogen) atoms. The highest BCUT2D eigenvalue weighted by atomic mass is 32.1. The van der Waals surface area contributed by atoms with Gasteiger partial charge in [0.25, 0.3) is 0 Å². The van der Waals surface area contributed by atoms with E-state index in [0.717, 1.165) is 28.7 Å². The fraction of sp³-hybridized carbons (Fsp3) is 0.263. The van der Waals surface area contributed by atoms with E-state index in [0.29, 0.717) is 0 Å². The highest BCUT2D eigenvalue weighted by molar-refractivity contribution is 7.17. The quantitative estimate of drug-likeness (QED) is 0.749. The summed E-state index contributed by atoms with van der Waals surface area (Å²) in [4.78, 5) is 24.3. The number of nitrogens with one attached hydrogen (secondary N) is 1. The Kier molecular flexibility index (Phi) is 3.84. The SMILES string of the molecule is Cc1ccc2c(c1)CCC(C(=O)Cn1c(C(=O)O)cc3sccc31)N2. The van der Waals surface area contributed by atoms with Gasteiger partial charge in [-0.25, -0.2) is 4.79 Å². The van der Waals surface area contributed by atoms with Crippen LogP contribution in [0.15, 0.2) is 35.7 Å². The second kappa shape index (κ2) is 6.04. The van der Waals surface area contributed by atoms with E-state index < -0.39 is 5.97 Å². The third-order valence-electron chi connectivity index (χ3n) is 4.74. The average molecular weight is 354 g/mol. The van der Waals surface area contributed by atoms with Crippen LogP contribution in [0.3, 0.4) is 0 Å². The van der Waals surface area contributed by atoms with Crippen molar-refractivity contribution in [1.29, 1.82) is 0 Å². The molecule has 1 aliphatic heterocycles. The molecule has 3 aromatic rings. The van der Waals surface area contributed by atoms with Crippen molar-refractivity contribution in [2.24, 2.45) is 0 Å². The summed E-state index contributed by atoms with van der Waals surface area (Å²) in [5.41, 5.74) is 4.42. The normalized spacial score (nSPS) is 16.4. The van der Waals surface area contributed by atoms with Crippen LogP contribution in [-0.2, 0) is 17.8 Å². The molecule has 0 fully saturated rings. The van der Waals surface area contributed by atoms with Crippen LogP contribution in [-0.4, -0.2) is 27.5 Å². The summed E-state index contributed by atoms with van der Waals surface area (Å²) in [6, 6.07) is 9.41. The number of aryl methyl sites for hydroxylation is 2. The number of aromatic nitrogens is 1. The van der Waals surface area contributed by atoms with Gasteiger partial charge in [-0.2, -0.15) is 0 Å². The molecule has 6 heteroatoms. The van der Waals surface area contributed by atoms with Crippen molar-refractivity contribution in [3.8, 4) is 0 Å². The van der Waals surface area contributed by atoms with E-state index in [1.54, 1.807) is 10.6 Å². The number of rotatable bonds is 4. The number of nitrogens with zero attached hydrogens (tertiary/aromatic N) is 1. The van der Waals surface area contributed by atoms with Gasteiger partial charge in [-0.15, -0.1) is 11.3 Å². The summed E-state index contributed by atoms with van der Waals surface area (Å²) >= 11 is 1.48. The number of carbonyl (C=O) groups is 2. The Morgan fingerprint density at radius 2 is 2.16 bits per heavy atom. The second-order valence-corrected chi connectivity index (χ2v) is 7.40. The van der Waals surface area contributed by atoms with E-state index in [1.807, 2.05) is 23.6 Å². The lowest BCUT2D eigenvalue weighted by Crippen LogP contribution is -2.36. The minimum absolute atomic E-state index is 0.0115. The summed E-state index contributed by atoms with van der Waals surface area (Å²) in [5, 5.41) is 14.7. The number of thiophene rings is 1. The molecule has 5 nitrogen and oxygen atoms in total. The molecule has 0 aliphatic carbocycles. The zero-order chi connectivity index (χ0) is 17.6. The molecule has 0 spiro atoms. The topological polar surface area (TPSA) is 71.3 Å². The number of hydrogen-bond donors (Lipinski definition) is 2. The number of carboxylic acid groups (broad SMARTS) is 1. The first kappa shape index (κ1) is 15.9. The number of aromatic carboxylic acids is 1. The summed E-state index contributed by atoms with van der Waals surface area (Å²) in [7, 11) is 0. The number of benzene rings is 1. The number of anilines is 1. The highest BCUT2D eigenvalue weighted by Crippen LogP contribution is 2.28. The molecule has 1 aromatic carbocycles. The van der Waals surface area contributed by atoms with Crippen LogP contribution in [0, 0.1) is 6.92 Å². The third-order valence-corrected chi connectivity index (χ3v) is 5.59. The molecule has 0 saturated heterocycles. The number of fused-ring (bicyclic) bond motifs is 2. The number of carboxylic acids is 1. The van der Waals surface area contributed by atoms with Crippen LogP contribution in [0.25, 0.3) is 10.2 Å². The van der Waals surface area contributed by atoms with Gasteiger partial charge in [-0.1, -0.05) is 17.7 Å². The predicted molar refractivity (Wildman–Crippen MR) is 98.7 cm³/mol. The molecule has 1 unspecified atom stereocenters. The summed E-state index contributed by atoms with van der Waals surface area (Å²) < 4.78 is 2.51. The van der Waals surface area contributed by atoms with E-state index in [2.05, 4.69) is 18.3 Å². The smallest absolute Gasteiger partial charge is 0.352 e. The largest absolute Gasteiger partial charge is 0.477 e. The van der Waals surface area contributed by atoms with E-state index in [4.69, 9.17) is 0 Å². The molecule has 1 atom stereocenters. The van der Waals surface area contributed by atoms with Crippen molar-refractivity contribution in [1.82, 2.24) is 4.57 Å². The van der Waals surface area contributed by atoms with Crippen molar-refractivity contribution >= 4 is 39.0 Å². The maximum atomic E-state index is 12.8. The average Bonchev–Trinajstić information content (AvgIpc) is 3.17. The molecule has 0 bridgehead atoms. The lowest BCUT2D eigenvalue weighted by atomic mass is 9.94. The number of ketones is 1. The maximum absolute atomic E-state index is 12.8. The molecule has 0 amide bonds. The van der Waals surface area contributed by atoms with Gasteiger partial charge in [0.15, 0.2) is 5.78 Å². The lowest BCUT2D eigenvalue weighted by Gasteiger charge is -2.26. The third kappa shape index (κ3) is 2.82. The standard InChI is InChI=1S/C19H18N2O3S/c1-11-2-4-13-12(8-11)3-5-14(20-13)17(22)10-21-15-6-7-25-18(15)9-16(21)19(23)24/h2,4,6-9,14,20H,3,5,10H2,1H3,(H,23,24). The van der Waals surface area contributed by atoms with Gasteiger partial charge < -0.3 is 15.0 Å². The predicted octanol–water partition coefficient (Wildman–Crippen LogP) is 3.71. The van der Waals surface area contributed by atoms with Gasteiger partial charge >= 0.3 is 5.97 Å². The van der Waals surface area contributed by atoms with Crippen molar-refractivity contribution in [2.45, 2.75) is 32.4 Å². The first-order valence-corrected chi connectivity index (χ1v) is 9.09. The Balaban J connectivity index is 1.59. The fourth-order valence-electron chi connectivity index (χ4n) is 3.46. The first-order chi connectivity index (χ1) is 12.0. The van der Waals surface area contributed by atoms with Crippen LogP contribution in [0.5, 0.6) is 0 Å². The molecular formula is C19H18N2O3S. The van der Waals surface area contributed by atoms with E-state index in [1.165, 1.54) is 22.5 Å². The second-order valence-electron chi connectivity index (χ2n) is 6.45. The lowest BCUT2D eigenvalue weighted by molar-refractivity contribution is -0.120. The molecule has 4 rings (SSSR count). The van der Waals surface area contributed by atoms with Crippen molar-refractivity contribution in [3.05, 3.63) is 52.5 Å². The first-order valence-electron chi connectivity index (χ1n) is 8.22. The number of Topliss-reactive ketones (excluding diaryl/α,β-unsaturated/α-hetero) is 1. The van der Waals surface area contributed by atoms with Crippen molar-refractivity contribution in [3.63, 3.8) is 0 Å². The van der Waals surface area contributed by atoms with Gasteiger partial charge in [0.2, 0.25) is 0 Å². The minimum atomic E-state index is -1.01. The minimum Gasteiger partial charge on any atom is -0.477 e. The Labute approximate surface area is 148 Å². The molecule has 3 heterocycles.